The first-order valence-corrected chi connectivity index (χ1v) is 12.2. The highest BCUT2D eigenvalue weighted by molar-refractivity contribution is 7.85. The molecule has 0 aliphatic rings. The maximum absolute atomic E-state index is 12.4. The smallest absolute Gasteiger partial charge is 0.407 e. The molecule has 2 aromatic rings. The zero-order chi connectivity index (χ0) is 24.5. The van der Waals surface area contributed by atoms with Gasteiger partial charge in [0.2, 0.25) is 5.91 Å². The van der Waals surface area contributed by atoms with Crippen molar-refractivity contribution in [3.8, 4) is 11.5 Å². The summed E-state index contributed by atoms with van der Waals surface area (Å²) >= 11 is 0. The van der Waals surface area contributed by atoms with Crippen molar-refractivity contribution in [3.63, 3.8) is 0 Å². The molecular formula is C23H30N2O7S. The van der Waals surface area contributed by atoms with Crippen molar-refractivity contribution >= 4 is 27.8 Å². The van der Waals surface area contributed by atoms with Crippen molar-refractivity contribution in [3.05, 3.63) is 54.6 Å². The number of ether oxygens (including phenoxy) is 2. The molecule has 0 spiro atoms. The summed E-state index contributed by atoms with van der Waals surface area (Å²) in [6.45, 7) is 4.81. The summed E-state index contributed by atoms with van der Waals surface area (Å²) in [6.07, 6.45) is 0.361. The molecule has 33 heavy (non-hydrogen) atoms. The van der Waals surface area contributed by atoms with E-state index in [0.29, 0.717) is 17.2 Å². The molecule has 0 radical (unpaired) electrons. The molecule has 0 saturated carbocycles. The van der Waals surface area contributed by atoms with Gasteiger partial charge in [0, 0.05) is 12.1 Å². The minimum atomic E-state index is -3.71. The fourth-order valence-electron chi connectivity index (χ4n) is 2.64. The third kappa shape index (κ3) is 11.4. The first-order valence-electron chi connectivity index (χ1n) is 10.4. The Bertz CT molecular complexity index is 1020. The Hall–Kier alpha value is -3.11. The van der Waals surface area contributed by atoms with Gasteiger partial charge in [-0.25, -0.2) is 4.79 Å². The molecule has 0 bridgehead atoms. The van der Waals surface area contributed by atoms with E-state index in [-0.39, 0.29) is 25.4 Å². The van der Waals surface area contributed by atoms with Crippen LogP contribution in [0.3, 0.4) is 0 Å². The standard InChI is InChI=1S/C23H30N2O7S/c1-23(2,3)32-22(27)25-18(16-30-33(4,28)29)12-15-21(26)24-17-10-13-20(14-11-17)31-19-8-6-5-7-9-19/h5-11,13-14,18H,12,15-16H2,1-4H3,(H,24,26)(H,25,27). The van der Waals surface area contributed by atoms with Gasteiger partial charge in [-0.2, -0.15) is 8.42 Å². The summed E-state index contributed by atoms with van der Waals surface area (Å²) in [5.74, 6) is 1.02. The van der Waals surface area contributed by atoms with Crippen LogP contribution in [-0.2, 0) is 23.8 Å². The van der Waals surface area contributed by atoms with Crippen molar-refractivity contribution < 1.29 is 31.7 Å². The van der Waals surface area contributed by atoms with E-state index in [0.717, 1.165) is 6.26 Å². The van der Waals surface area contributed by atoms with Crippen molar-refractivity contribution in [2.24, 2.45) is 0 Å². The molecule has 10 heteroatoms. The number of amides is 2. The van der Waals surface area contributed by atoms with E-state index < -0.39 is 27.9 Å². The molecule has 1 unspecified atom stereocenters. The second-order valence-corrected chi connectivity index (χ2v) is 10.0. The average molecular weight is 479 g/mol. The Morgan fingerprint density at radius 3 is 2.15 bits per heavy atom. The van der Waals surface area contributed by atoms with E-state index in [1.54, 1.807) is 45.0 Å². The largest absolute Gasteiger partial charge is 0.457 e. The summed E-state index contributed by atoms with van der Waals surface area (Å²) in [6, 6.07) is 15.5. The van der Waals surface area contributed by atoms with Gasteiger partial charge in [-0.3, -0.25) is 8.98 Å². The highest BCUT2D eigenvalue weighted by Crippen LogP contribution is 2.22. The number of benzene rings is 2. The molecule has 0 saturated heterocycles. The van der Waals surface area contributed by atoms with E-state index in [4.69, 9.17) is 13.7 Å². The van der Waals surface area contributed by atoms with Gasteiger partial charge < -0.3 is 20.1 Å². The van der Waals surface area contributed by atoms with Crippen LogP contribution in [0.2, 0.25) is 0 Å². The van der Waals surface area contributed by atoms with Crippen LogP contribution in [-0.4, -0.2) is 44.9 Å². The number of hydrogen-bond donors (Lipinski definition) is 2. The second-order valence-electron chi connectivity index (χ2n) is 8.36. The summed E-state index contributed by atoms with van der Waals surface area (Å²) in [7, 11) is -3.71. The van der Waals surface area contributed by atoms with Gasteiger partial charge in [0.1, 0.15) is 17.1 Å². The van der Waals surface area contributed by atoms with Crippen molar-refractivity contribution in [1.29, 1.82) is 0 Å². The number of alkyl carbamates (subject to hydrolysis) is 1. The minimum Gasteiger partial charge on any atom is -0.457 e. The molecule has 1 atom stereocenters. The highest BCUT2D eigenvalue weighted by Gasteiger charge is 2.21. The number of hydrogen-bond acceptors (Lipinski definition) is 7. The third-order valence-corrected chi connectivity index (χ3v) is 4.61. The van der Waals surface area contributed by atoms with Gasteiger partial charge >= 0.3 is 6.09 Å². The van der Waals surface area contributed by atoms with Crippen LogP contribution in [0.1, 0.15) is 33.6 Å². The SMILES string of the molecule is CC(C)(C)OC(=O)NC(CCC(=O)Nc1ccc(Oc2ccccc2)cc1)COS(C)(=O)=O. The first kappa shape index (κ1) is 26.1. The lowest BCUT2D eigenvalue weighted by Gasteiger charge is -2.23. The molecule has 2 aromatic carbocycles. The van der Waals surface area contributed by atoms with E-state index in [9.17, 15) is 18.0 Å². The Morgan fingerprint density at radius 1 is 0.970 bits per heavy atom. The quantitative estimate of drug-likeness (QED) is 0.494. The fourth-order valence-corrected chi connectivity index (χ4v) is 3.05. The number of carbonyl (C=O) groups is 2. The van der Waals surface area contributed by atoms with Crippen LogP contribution in [0.25, 0.3) is 0 Å². The zero-order valence-corrected chi connectivity index (χ0v) is 20.0. The summed E-state index contributed by atoms with van der Waals surface area (Å²) in [5.41, 5.74) is -0.149. The highest BCUT2D eigenvalue weighted by atomic mass is 32.2. The van der Waals surface area contributed by atoms with Crippen LogP contribution in [0.4, 0.5) is 10.5 Å². The normalized spacial score (nSPS) is 12.5. The van der Waals surface area contributed by atoms with Crippen molar-refractivity contribution in [2.75, 3.05) is 18.2 Å². The lowest BCUT2D eigenvalue weighted by atomic mass is 10.1. The van der Waals surface area contributed by atoms with E-state index in [1.165, 1.54) is 0 Å². The van der Waals surface area contributed by atoms with Gasteiger partial charge in [-0.1, -0.05) is 18.2 Å². The first-order chi connectivity index (χ1) is 15.4. The van der Waals surface area contributed by atoms with E-state index >= 15 is 0 Å². The number of rotatable bonds is 10. The summed E-state index contributed by atoms with van der Waals surface area (Å²) < 4.78 is 38.3. The lowest BCUT2D eigenvalue weighted by molar-refractivity contribution is -0.116. The zero-order valence-electron chi connectivity index (χ0n) is 19.2. The van der Waals surface area contributed by atoms with Crippen molar-refractivity contribution in [2.45, 2.75) is 45.3 Å². The van der Waals surface area contributed by atoms with Gasteiger partial charge in [0.25, 0.3) is 10.1 Å². The molecule has 0 heterocycles. The number of para-hydroxylation sites is 1. The molecule has 0 aliphatic heterocycles. The molecule has 2 rings (SSSR count). The minimum absolute atomic E-state index is 0.0237. The van der Waals surface area contributed by atoms with Crippen LogP contribution < -0.4 is 15.4 Å². The van der Waals surface area contributed by atoms with Crippen molar-refractivity contribution in [1.82, 2.24) is 5.32 Å². The maximum Gasteiger partial charge on any atom is 0.407 e. The van der Waals surface area contributed by atoms with Gasteiger partial charge in [-0.15, -0.1) is 0 Å². The van der Waals surface area contributed by atoms with Crippen LogP contribution in [0, 0.1) is 0 Å². The molecule has 2 amide bonds. The average Bonchev–Trinajstić information content (AvgIpc) is 2.70. The molecular weight excluding hydrogens is 448 g/mol. The Labute approximate surface area is 194 Å². The Morgan fingerprint density at radius 2 is 1.58 bits per heavy atom. The van der Waals surface area contributed by atoms with E-state index in [2.05, 4.69) is 10.6 Å². The Kier molecular flexibility index (Phi) is 9.24. The van der Waals surface area contributed by atoms with Crippen LogP contribution in [0.5, 0.6) is 11.5 Å². The second kappa shape index (κ2) is 11.7. The fraction of sp³-hybridized carbons (Fsp3) is 0.391. The number of carbonyl (C=O) groups excluding carboxylic acids is 2. The monoisotopic (exact) mass is 478 g/mol. The number of anilines is 1. The molecule has 9 nitrogen and oxygen atoms in total. The topological polar surface area (TPSA) is 120 Å². The summed E-state index contributed by atoms with van der Waals surface area (Å²) in [5, 5.41) is 5.30. The van der Waals surface area contributed by atoms with Gasteiger partial charge in [-0.05, 0) is 63.6 Å². The van der Waals surface area contributed by atoms with E-state index in [1.807, 2.05) is 30.3 Å². The predicted octanol–water partition coefficient (Wildman–Crippen LogP) is 4.07. The lowest BCUT2D eigenvalue weighted by Crippen LogP contribution is -2.42. The van der Waals surface area contributed by atoms with Crippen LogP contribution >= 0.6 is 0 Å². The third-order valence-electron chi connectivity index (χ3n) is 4.04. The molecule has 0 aliphatic carbocycles. The molecule has 0 aromatic heterocycles. The molecule has 0 fully saturated rings. The predicted molar refractivity (Wildman–Crippen MR) is 125 cm³/mol. The number of nitrogens with one attached hydrogen (secondary N) is 2. The Balaban J connectivity index is 1.89. The molecule has 180 valence electrons. The van der Waals surface area contributed by atoms with Crippen LogP contribution in [0.15, 0.2) is 54.6 Å². The van der Waals surface area contributed by atoms with Gasteiger partial charge in [0.05, 0.1) is 18.9 Å². The van der Waals surface area contributed by atoms with Gasteiger partial charge in [0.15, 0.2) is 0 Å². The molecule has 2 N–H and O–H groups in total. The maximum atomic E-state index is 12.4. The summed E-state index contributed by atoms with van der Waals surface area (Å²) in [4.78, 5) is 24.4.